The molecule has 11 heavy (non-hydrogen) atoms. The summed E-state index contributed by atoms with van der Waals surface area (Å²) in [6, 6.07) is 0.530. The van der Waals surface area contributed by atoms with Crippen molar-refractivity contribution in [1.82, 2.24) is 14.8 Å². The summed E-state index contributed by atoms with van der Waals surface area (Å²) in [5.41, 5.74) is 5.53. The molecule has 5 heteroatoms. The minimum absolute atomic E-state index is 0.214. The lowest BCUT2D eigenvalue weighted by molar-refractivity contribution is 0.372. The molecule has 0 saturated carbocycles. The third-order valence-electron chi connectivity index (χ3n) is 1.31. The second-order valence-electron chi connectivity index (χ2n) is 2.50. The molecule has 0 spiro atoms. The van der Waals surface area contributed by atoms with Crippen molar-refractivity contribution in [3.63, 3.8) is 0 Å². The van der Waals surface area contributed by atoms with Crippen LogP contribution in [0.1, 0.15) is 19.9 Å². The smallest absolute Gasteiger partial charge is 0.337 e. The van der Waals surface area contributed by atoms with Crippen molar-refractivity contribution in [2.24, 2.45) is 0 Å². The molecule has 0 amide bonds. The molecule has 62 valence electrons. The Bertz CT molecular complexity index is 243. The molecular formula is C6H12N4O. The Morgan fingerprint density at radius 1 is 1.55 bits per heavy atom. The number of hydrogen-bond acceptors (Lipinski definition) is 4. The van der Waals surface area contributed by atoms with Gasteiger partial charge in [-0.25, -0.2) is 4.68 Å². The van der Waals surface area contributed by atoms with Gasteiger partial charge in [-0.2, -0.15) is 4.98 Å². The highest BCUT2D eigenvalue weighted by Gasteiger charge is 2.08. The van der Waals surface area contributed by atoms with Crippen LogP contribution in [0.5, 0.6) is 6.01 Å². The number of anilines is 1. The second kappa shape index (κ2) is 2.77. The lowest BCUT2D eigenvalue weighted by Crippen LogP contribution is -2.07. The van der Waals surface area contributed by atoms with Gasteiger partial charge in [0.15, 0.2) is 0 Å². The molecule has 0 fully saturated rings. The summed E-state index contributed by atoms with van der Waals surface area (Å²) in [5.74, 6) is 0.386. The minimum atomic E-state index is 0.214. The number of nitrogens with zero attached hydrogens (tertiary/aromatic N) is 3. The maximum atomic E-state index is 5.53. The molecule has 1 aromatic heterocycles. The lowest BCUT2D eigenvalue weighted by Gasteiger charge is -2.03. The van der Waals surface area contributed by atoms with E-state index in [4.69, 9.17) is 10.5 Å². The highest BCUT2D eigenvalue weighted by Crippen LogP contribution is 2.12. The Labute approximate surface area is 65.2 Å². The van der Waals surface area contributed by atoms with E-state index in [0.717, 1.165) is 0 Å². The normalized spacial score (nSPS) is 10.5. The van der Waals surface area contributed by atoms with E-state index in [9.17, 15) is 0 Å². The van der Waals surface area contributed by atoms with Crippen molar-refractivity contribution >= 4 is 5.95 Å². The monoisotopic (exact) mass is 156 g/mol. The third-order valence-corrected chi connectivity index (χ3v) is 1.31. The van der Waals surface area contributed by atoms with Gasteiger partial charge < -0.3 is 10.5 Å². The molecule has 0 aliphatic rings. The third kappa shape index (κ3) is 1.42. The van der Waals surface area contributed by atoms with Crippen LogP contribution in [0, 0.1) is 0 Å². The van der Waals surface area contributed by atoms with Gasteiger partial charge in [0.05, 0.1) is 13.2 Å². The molecule has 0 aliphatic heterocycles. The molecule has 5 nitrogen and oxygen atoms in total. The molecule has 0 atom stereocenters. The fourth-order valence-corrected chi connectivity index (χ4v) is 0.781. The summed E-state index contributed by atoms with van der Waals surface area (Å²) >= 11 is 0. The Kier molecular flexibility index (Phi) is 1.98. The minimum Gasteiger partial charge on any atom is -0.466 e. The fraction of sp³-hybridized carbons (Fsp3) is 0.667. The van der Waals surface area contributed by atoms with Gasteiger partial charge in [0, 0.05) is 0 Å². The SMILES string of the molecule is COc1nc(N)n(C(C)C)n1. The van der Waals surface area contributed by atoms with Crippen molar-refractivity contribution in [1.29, 1.82) is 0 Å². The Balaban J connectivity index is 2.97. The molecule has 0 saturated heterocycles. The zero-order valence-corrected chi connectivity index (χ0v) is 6.90. The summed E-state index contributed by atoms with van der Waals surface area (Å²) < 4.78 is 6.41. The van der Waals surface area contributed by atoms with Crippen LogP contribution in [0.15, 0.2) is 0 Å². The van der Waals surface area contributed by atoms with Gasteiger partial charge in [0.2, 0.25) is 5.95 Å². The first-order chi connectivity index (χ1) is 5.15. The van der Waals surface area contributed by atoms with Crippen molar-refractivity contribution in [2.45, 2.75) is 19.9 Å². The quantitative estimate of drug-likeness (QED) is 0.675. The number of ether oxygens (including phenoxy) is 1. The van der Waals surface area contributed by atoms with Gasteiger partial charge in [-0.3, -0.25) is 0 Å². The van der Waals surface area contributed by atoms with Gasteiger partial charge in [-0.15, -0.1) is 5.10 Å². The molecule has 1 aromatic rings. The average molecular weight is 156 g/mol. The first-order valence-corrected chi connectivity index (χ1v) is 3.41. The van der Waals surface area contributed by atoms with E-state index in [-0.39, 0.29) is 6.04 Å². The zero-order valence-electron chi connectivity index (χ0n) is 6.90. The number of methoxy groups -OCH3 is 1. The van der Waals surface area contributed by atoms with Crippen molar-refractivity contribution in [2.75, 3.05) is 12.8 Å². The van der Waals surface area contributed by atoms with Crippen LogP contribution in [0.2, 0.25) is 0 Å². The number of nitrogens with two attached hydrogens (primary N) is 1. The largest absolute Gasteiger partial charge is 0.466 e. The number of aromatic nitrogens is 3. The van der Waals surface area contributed by atoms with E-state index in [1.807, 2.05) is 13.8 Å². The van der Waals surface area contributed by atoms with Crippen LogP contribution in [-0.4, -0.2) is 21.9 Å². The fourth-order valence-electron chi connectivity index (χ4n) is 0.781. The number of nitrogen functional groups attached to an aromatic ring is 1. The maximum Gasteiger partial charge on any atom is 0.337 e. The molecular weight excluding hydrogens is 144 g/mol. The Morgan fingerprint density at radius 3 is 2.45 bits per heavy atom. The first-order valence-electron chi connectivity index (χ1n) is 3.41. The molecule has 0 bridgehead atoms. The second-order valence-corrected chi connectivity index (χ2v) is 2.50. The predicted molar refractivity (Wildman–Crippen MR) is 41.4 cm³/mol. The van der Waals surface area contributed by atoms with E-state index in [1.54, 1.807) is 4.68 Å². The van der Waals surface area contributed by atoms with Crippen LogP contribution in [0.3, 0.4) is 0 Å². The van der Waals surface area contributed by atoms with E-state index in [0.29, 0.717) is 12.0 Å². The average Bonchev–Trinajstić information content (AvgIpc) is 2.30. The molecule has 1 heterocycles. The van der Waals surface area contributed by atoms with Gasteiger partial charge >= 0.3 is 6.01 Å². The molecule has 2 N–H and O–H groups in total. The van der Waals surface area contributed by atoms with Crippen LogP contribution < -0.4 is 10.5 Å². The van der Waals surface area contributed by atoms with E-state index >= 15 is 0 Å². The van der Waals surface area contributed by atoms with Crippen LogP contribution in [0.4, 0.5) is 5.95 Å². The number of rotatable bonds is 2. The van der Waals surface area contributed by atoms with E-state index in [1.165, 1.54) is 7.11 Å². The molecule has 0 aliphatic carbocycles. The van der Waals surface area contributed by atoms with Crippen LogP contribution >= 0.6 is 0 Å². The van der Waals surface area contributed by atoms with Crippen molar-refractivity contribution < 1.29 is 4.74 Å². The molecule has 0 radical (unpaired) electrons. The summed E-state index contributed by atoms with van der Waals surface area (Å²) in [6.07, 6.45) is 0. The molecule has 0 aromatic carbocycles. The van der Waals surface area contributed by atoms with Crippen LogP contribution in [0.25, 0.3) is 0 Å². The van der Waals surface area contributed by atoms with Crippen LogP contribution in [-0.2, 0) is 0 Å². The summed E-state index contributed by atoms with van der Waals surface area (Å²) in [7, 11) is 1.51. The number of hydrogen-bond donors (Lipinski definition) is 1. The van der Waals surface area contributed by atoms with Crippen molar-refractivity contribution in [3.05, 3.63) is 0 Å². The first kappa shape index (κ1) is 7.84. The van der Waals surface area contributed by atoms with E-state index < -0.39 is 0 Å². The predicted octanol–water partition coefficient (Wildman–Crippen LogP) is 0.450. The van der Waals surface area contributed by atoms with Crippen molar-refractivity contribution in [3.8, 4) is 6.01 Å². The van der Waals surface area contributed by atoms with E-state index in [2.05, 4.69) is 10.1 Å². The van der Waals surface area contributed by atoms with Gasteiger partial charge in [-0.1, -0.05) is 0 Å². The molecule has 1 rings (SSSR count). The highest BCUT2D eigenvalue weighted by atomic mass is 16.5. The Morgan fingerprint density at radius 2 is 2.18 bits per heavy atom. The standard InChI is InChI=1S/C6H12N4O/c1-4(2)10-5(7)8-6(9-10)11-3/h4H,1-3H3,(H2,7,8,9). The maximum absolute atomic E-state index is 5.53. The topological polar surface area (TPSA) is 66.0 Å². The summed E-state index contributed by atoms with van der Waals surface area (Å²) in [5, 5.41) is 3.99. The summed E-state index contributed by atoms with van der Waals surface area (Å²) in [6.45, 7) is 3.95. The Hall–Kier alpha value is -1.26. The zero-order chi connectivity index (χ0) is 8.43. The molecule has 0 unspecified atom stereocenters. The highest BCUT2D eigenvalue weighted by molar-refractivity contribution is 5.18. The van der Waals surface area contributed by atoms with Gasteiger partial charge in [0.25, 0.3) is 0 Å². The summed E-state index contributed by atoms with van der Waals surface area (Å²) in [4.78, 5) is 3.86. The lowest BCUT2D eigenvalue weighted by atomic mass is 10.4. The van der Waals surface area contributed by atoms with Gasteiger partial charge in [-0.05, 0) is 13.8 Å². The van der Waals surface area contributed by atoms with Gasteiger partial charge in [0.1, 0.15) is 0 Å².